The number of hydrogen-bond donors (Lipinski definition) is 1. The molecule has 2 amide bonds. The highest BCUT2D eigenvalue weighted by atomic mass is 16.5. The third kappa shape index (κ3) is 5.41. The standard InChI is InChI=1S/C29H37N3O4/c1-5-35-24-13-11-22(12-14-24)15-17-32-27(33)26-19-23-9-6-7-10-25(23)31(26)20-29(32,4)28(34)30-16-8-18-36-21(2)3/h6-7,9-14,19,21H,5,8,15-18,20H2,1-4H3,(H,30,34)/t29-/m0/s1. The van der Waals surface area contributed by atoms with E-state index in [0.29, 0.717) is 45.0 Å². The zero-order valence-electron chi connectivity index (χ0n) is 21.8. The number of aromatic nitrogens is 1. The molecule has 36 heavy (non-hydrogen) atoms. The largest absolute Gasteiger partial charge is 0.494 e. The van der Waals surface area contributed by atoms with Gasteiger partial charge >= 0.3 is 0 Å². The molecule has 1 aromatic heterocycles. The van der Waals surface area contributed by atoms with Gasteiger partial charge in [-0.2, -0.15) is 0 Å². The lowest BCUT2D eigenvalue weighted by molar-refractivity contribution is -0.132. The lowest BCUT2D eigenvalue weighted by Crippen LogP contribution is -2.64. The molecule has 0 unspecified atom stereocenters. The highest BCUT2D eigenvalue weighted by Gasteiger charge is 2.47. The summed E-state index contributed by atoms with van der Waals surface area (Å²) in [4.78, 5) is 29.1. The van der Waals surface area contributed by atoms with Gasteiger partial charge in [0.2, 0.25) is 5.91 Å². The molecule has 7 nitrogen and oxygen atoms in total. The molecule has 3 aromatic rings. The number of carbonyl (C=O) groups is 2. The maximum Gasteiger partial charge on any atom is 0.271 e. The number of ether oxygens (including phenoxy) is 2. The van der Waals surface area contributed by atoms with E-state index < -0.39 is 5.54 Å². The predicted molar refractivity (Wildman–Crippen MR) is 141 cm³/mol. The van der Waals surface area contributed by atoms with Gasteiger partial charge in [-0.15, -0.1) is 0 Å². The average Bonchev–Trinajstić information content (AvgIpc) is 3.23. The molecule has 1 aliphatic heterocycles. The van der Waals surface area contributed by atoms with Crippen molar-refractivity contribution in [2.75, 3.05) is 26.3 Å². The number of rotatable bonds is 11. The molecule has 4 rings (SSSR count). The Balaban J connectivity index is 1.56. The van der Waals surface area contributed by atoms with Crippen molar-refractivity contribution >= 4 is 22.7 Å². The number of nitrogens with zero attached hydrogens (tertiary/aromatic N) is 2. The van der Waals surface area contributed by atoms with Gasteiger partial charge in [-0.1, -0.05) is 30.3 Å². The van der Waals surface area contributed by atoms with E-state index in [2.05, 4.69) is 5.32 Å². The smallest absolute Gasteiger partial charge is 0.271 e. The Hall–Kier alpha value is -3.32. The SMILES string of the molecule is CCOc1ccc(CCN2C(=O)c3cc4ccccc4n3C[C@@]2(C)C(=O)NCCCOC(C)C)cc1. The van der Waals surface area contributed by atoms with Crippen LogP contribution in [0.25, 0.3) is 10.9 Å². The maximum atomic E-state index is 13.8. The molecule has 192 valence electrons. The number of hydrogen-bond acceptors (Lipinski definition) is 4. The molecule has 7 heteroatoms. The van der Waals surface area contributed by atoms with Crippen molar-refractivity contribution < 1.29 is 19.1 Å². The lowest BCUT2D eigenvalue weighted by atomic mass is 9.94. The van der Waals surface area contributed by atoms with Gasteiger partial charge in [0.1, 0.15) is 17.0 Å². The van der Waals surface area contributed by atoms with Crippen molar-refractivity contribution in [1.29, 1.82) is 0 Å². The van der Waals surface area contributed by atoms with E-state index in [-0.39, 0.29) is 17.9 Å². The molecule has 0 aliphatic carbocycles. The van der Waals surface area contributed by atoms with Crippen LogP contribution < -0.4 is 10.1 Å². The summed E-state index contributed by atoms with van der Waals surface area (Å²) in [5.74, 6) is 0.560. The third-order valence-corrected chi connectivity index (χ3v) is 6.74. The van der Waals surface area contributed by atoms with Crippen molar-refractivity contribution in [2.24, 2.45) is 0 Å². The third-order valence-electron chi connectivity index (χ3n) is 6.74. The average molecular weight is 492 g/mol. The van der Waals surface area contributed by atoms with E-state index in [1.807, 2.05) is 86.9 Å². The van der Waals surface area contributed by atoms with Gasteiger partial charge in [0.05, 0.1) is 19.3 Å². The first-order chi connectivity index (χ1) is 17.3. The van der Waals surface area contributed by atoms with Gasteiger partial charge in [0.25, 0.3) is 5.91 Å². The van der Waals surface area contributed by atoms with E-state index in [1.54, 1.807) is 4.90 Å². The van der Waals surface area contributed by atoms with Crippen LogP contribution in [0.15, 0.2) is 54.6 Å². The van der Waals surface area contributed by atoms with Crippen LogP contribution in [0.5, 0.6) is 5.75 Å². The fourth-order valence-electron chi connectivity index (χ4n) is 4.80. The van der Waals surface area contributed by atoms with Crippen LogP contribution in [0, 0.1) is 0 Å². The fraction of sp³-hybridized carbons (Fsp3) is 0.448. The molecule has 0 saturated heterocycles. The minimum atomic E-state index is -1.02. The molecule has 2 heterocycles. The van der Waals surface area contributed by atoms with E-state index >= 15 is 0 Å². The Morgan fingerprint density at radius 2 is 1.89 bits per heavy atom. The summed E-state index contributed by atoms with van der Waals surface area (Å²) < 4.78 is 13.1. The van der Waals surface area contributed by atoms with Gasteiger partial charge in [-0.3, -0.25) is 9.59 Å². The summed E-state index contributed by atoms with van der Waals surface area (Å²) in [6.45, 7) is 10.4. The normalized spacial score (nSPS) is 17.5. The minimum Gasteiger partial charge on any atom is -0.494 e. The van der Waals surface area contributed by atoms with Gasteiger partial charge in [-0.25, -0.2) is 0 Å². The second-order valence-corrected chi connectivity index (χ2v) is 9.76. The van der Waals surface area contributed by atoms with Crippen LogP contribution in [-0.2, 0) is 22.5 Å². The Morgan fingerprint density at radius 1 is 1.14 bits per heavy atom. The van der Waals surface area contributed by atoms with E-state index in [1.165, 1.54) is 0 Å². The first kappa shape index (κ1) is 25.8. The zero-order chi connectivity index (χ0) is 25.7. The van der Waals surface area contributed by atoms with Crippen LogP contribution >= 0.6 is 0 Å². The highest BCUT2D eigenvalue weighted by Crippen LogP contribution is 2.32. The minimum absolute atomic E-state index is 0.121. The second kappa shape index (κ2) is 11.2. The molecular weight excluding hydrogens is 454 g/mol. The quantitative estimate of drug-likeness (QED) is 0.403. The van der Waals surface area contributed by atoms with E-state index in [0.717, 1.165) is 28.6 Å². The van der Waals surface area contributed by atoms with Crippen LogP contribution in [0.1, 0.15) is 50.2 Å². The number of fused-ring (bicyclic) bond motifs is 3. The summed E-state index contributed by atoms with van der Waals surface area (Å²) in [5, 5.41) is 4.07. The molecule has 1 aliphatic rings. The van der Waals surface area contributed by atoms with Crippen LogP contribution in [-0.4, -0.2) is 59.2 Å². The number of para-hydroxylation sites is 1. The topological polar surface area (TPSA) is 72.8 Å². The van der Waals surface area contributed by atoms with Crippen LogP contribution in [0.2, 0.25) is 0 Å². The number of nitrogens with one attached hydrogen (secondary N) is 1. The first-order valence-corrected chi connectivity index (χ1v) is 12.9. The predicted octanol–water partition coefficient (Wildman–Crippen LogP) is 4.43. The number of amides is 2. The number of benzene rings is 2. The van der Waals surface area contributed by atoms with Gasteiger partial charge < -0.3 is 24.3 Å². The van der Waals surface area contributed by atoms with E-state index in [9.17, 15) is 9.59 Å². The van der Waals surface area contributed by atoms with Crippen LogP contribution in [0.3, 0.4) is 0 Å². The Kier molecular flexibility index (Phi) is 7.99. The van der Waals surface area contributed by atoms with Crippen molar-refractivity contribution in [1.82, 2.24) is 14.8 Å². The molecule has 0 spiro atoms. The molecule has 0 radical (unpaired) electrons. The number of carbonyl (C=O) groups excluding carboxylic acids is 2. The summed E-state index contributed by atoms with van der Waals surface area (Å²) in [5.41, 5.74) is 1.66. The van der Waals surface area contributed by atoms with Crippen molar-refractivity contribution in [3.63, 3.8) is 0 Å². The highest BCUT2D eigenvalue weighted by molar-refractivity contribution is 6.03. The fourth-order valence-corrected chi connectivity index (χ4v) is 4.80. The Bertz CT molecular complexity index is 1200. The summed E-state index contributed by atoms with van der Waals surface area (Å²) in [6, 6.07) is 17.8. The first-order valence-electron chi connectivity index (χ1n) is 12.9. The molecule has 0 bridgehead atoms. The Morgan fingerprint density at radius 3 is 2.61 bits per heavy atom. The monoisotopic (exact) mass is 491 g/mol. The van der Waals surface area contributed by atoms with Crippen molar-refractivity contribution in [3.8, 4) is 5.75 Å². The molecule has 2 aromatic carbocycles. The van der Waals surface area contributed by atoms with Gasteiger partial charge in [0, 0.05) is 30.6 Å². The molecule has 0 saturated carbocycles. The summed E-state index contributed by atoms with van der Waals surface area (Å²) in [7, 11) is 0. The summed E-state index contributed by atoms with van der Waals surface area (Å²) >= 11 is 0. The molecule has 1 atom stereocenters. The van der Waals surface area contributed by atoms with Crippen LogP contribution in [0.4, 0.5) is 0 Å². The molecular formula is C29H37N3O4. The van der Waals surface area contributed by atoms with Gasteiger partial charge in [-0.05, 0) is 70.4 Å². The zero-order valence-corrected chi connectivity index (χ0v) is 21.8. The van der Waals surface area contributed by atoms with Crippen molar-refractivity contribution in [3.05, 3.63) is 65.9 Å². The molecule has 0 fully saturated rings. The summed E-state index contributed by atoms with van der Waals surface area (Å²) in [6.07, 6.45) is 1.52. The van der Waals surface area contributed by atoms with E-state index in [4.69, 9.17) is 9.47 Å². The maximum absolute atomic E-state index is 13.8. The molecule has 1 N–H and O–H groups in total. The lowest BCUT2D eigenvalue weighted by Gasteiger charge is -2.44. The second-order valence-electron chi connectivity index (χ2n) is 9.76. The van der Waals surface area contributed by atoms with Gasteiger partial charge in [0.15, 0.2) is 0 Å². The van der Waals surface area contributed by atoms with Crippen molar-refractivity contribution in [2.45, 2.75) is 58.7 Å². The Labute approximate surface area is 213 Å².